The third-order valence-corrected chi connectivity index (χ3v) is 10.8. The van der Waals surface area contributed by atoms with Crippen molar-refractivity contribution >= 4 is 65.0 Å². The van der Waals surface area contributed by atoms with Crippen LogP contribution in [0.2, 0.25) is 0 Å². The molecule has 252 valence electrons. The molecule has 11 rings (SSSR count). The molecule has 1 nitrogen and oxygen atoms in total. The lowest BCUT2D eigenvalue weighted by atomic mass is 9.83. The Kier molecular flexibility index (Phi) is 5.55. The average molecular weight is 694 g/mol. The van der Waals surface area contributed by atoms with Gasteiger partial charge in [0.15, 0.2) is 0 Å². The lowest BCUT2D eigenvalue weighted by Crippen LogP contribution is -1.96. The maximum Gasteiger partial charge on any atom is 0.136 e. The second-order valence-corrected chi connectivity index (χ2v) is 13.8. The van der Waals surface area contributed by atoms with E-state index in [4.69, 9.17) is 12.6 Å². The summed E-state index contributed by atoms with van der Waals surface area (Å²) < 4.78 is 67.5. The Hall–Kier alpha value is -6.96. The highest BCUT2D eigenvalue weighted by atomic mass is 16.3. The van der Waals surface area contributed by atoms with E-state index in [1.807, 2.05) is 48.5 Å². The molecule has 0 saturated heterocycles. The molecule has 0 N–H and O–H groups in total. The van der Waals surface area contributed by atoms with Crippen molar-refractivity contribution in [1.29, 1.82) is 0 Å². The van der Waals surface area contributed by atoms with Crippen molar-refractivity contribution in [2.24, 2.45) is 0 Å². The molecular formula is C53H34O. The largest absolute Gasteiger partial charge is 0.456 e. The fourth-order valence-corrected chi connectivity index (χ4v) is 8.40. The summed E-state index contributed by atoms with van der Waals surface area (Å²) in [6, 6.07) is 50.0. The van der Waals surface area contributed by atoms with Gasteiger partial charge >= 0.3 is 0 Å². The minimum absolute atomic E-state index is 0.0326. The van der Waals surface area contributed by atoms with Crippen LogP contribution in [-0.4, -0.2) is 0 Å². The Morgan fingerprint density at radius 1 is 0.426 bits per heavy atom. The fourth-order valence-electron chi connectivity index (χ4n) is 8.40. The molecule has 1 aromatic heterocycles. The van der Waals surface area contributed by atoms with E-state index in [0.29, 0.717) is 0 Å². The van der Waals surface area contributed by atoms with Crippen molar-refractivity contribution in [3.63, 3.8) is 0 Å². The summed E-state index contributed by atoms with van der Waals surface area (Å²) in [6.07, 6.45) is 0.124. The summed E-state index contributed by atoms with van der Waals surface area (Å²) in [5.74, 6) is 0. The molecule has 0 radical (unpaired) electrons. The molecule has 0 spiro atoms. The van der Waals surface area contributed by atoms with Crippen molar-refractivity contribution < 1.29 is 14.0 Å². The van der Waals surface area contributed by atoms with Gasteiger partial charge in [-0.15, -0.1) is 0 Å². The minimum atomic E-state index is -0.477. The highest BCUT2D eigenvalue weighted by Gasteiger charge is 2.20. The van der Waals surface area contributed by atoms with E-state index in [1.54, 1.807) is 0 Å². The molecule has 0 bridgehead atoms. The van der Waals surface area contributed by atoms with Gasteiger partial charge in [-0.2, -0.15) is 0 Å². The SMILES string of the molecule is [2H]c1c([2H])c([2H])c2c([2H])c(Cc3c4ccccc4c(-c4ccc(-c5cccc6oc7cc(-c8ccccc8)ccc7c56)c5ccccc45)c4ccccc34)c([2H])c([2H])c2c1[2H]. The van der Waals surface area contributed by atoms with E-state index in [0.717, 1.165) is 93.2 Å². The molecule has 54 heavy (non-hydrogen) atoms. The van der Waals surface area contributed by atoms with Gasteiger partial charge in [0.05, 0.1) is 9.60 Å². The molecular weight excluding hydrogens is 653 g/mol. The van der Waals surface area contributed by atoms with Crippen LogP contribution in [0.15, 0.2) is 198 Å². The molecule has 1 heterocycles. The van der Waals surface area contributed by atoms with E-state index in [-0.39, 0.29) is 46.9 Å². The van der Waals surface area contributed by atoms with Gasteiger partial charge in [0.1, 0.15) is 11.2 Å². The molecule has 10 aromatic carbocycles. The van der Waals surface area contributed by atoms with Gasteiger partial charge in [-0.05, 0) is 112 Å². The van der Waals surface area contributed by atoms with Crippen LogP contribution >= 0.6 is 0 Å². The Morgan fingerprint density at radius 3 is 1.83 bits per heavy atom. The molecule has 0 aliphatic heterocycles. The van der Waals surface area contributed by atoms with Gasteiger partial charge in [-0.3, -0.25) is 0 Å². The van der Waals surface area contributed by atoms with Crippen LogP contribution in [0.3, 0.4) is 0 Å². The summed E-state index contributed by atoms with van der Waals surface area (Å²) >= 11 is 0. The van der Waals surface area contributed by atoms with E-state index in [9.17, 15) is 1.37 Å². The van der Waals surface area contributed by atoms with Gasteiger partial charge in [0.25, 0.3) is 0 Å². The maximum atomic E-state index is 9.28. The minimum Gasteiger partial charge on any atom is -0.456 e. The first-order chi connectivity index (χ1) is 29.7. The van der Waals surface area contributed by atoms with E-state index in [1.165, 1.54) is 0 Å². The van der Waals surface area contributed by atoms with Crippen LogP contribution in [-0.2, 0) is 6.42 Å². The van der Waals surface area contributed by atoms with Crippen LogP contribution in [0.1, 0.15) is 20.7 Å². The van der Waals surface area contributed by atoms with Crippen molar-refractivity contribution in [2.75, 3.05) is 0 Å². The predicted octanol–water partition coefficient (Wildman–Crippen LogP) is 14.8. The summed E-state index contributed by atoms with van der Waals surface area (Å²) in [5.41, 5.74) is 9.33. The number of hydrogen-bond donors (Lipinski definition) is 0. The lowest BCUT2D eigenvalue weighted by molar-refractivity contribution is 0.669. The zero-order valence-electron chi connectivity index (χ0n) is 36.0. The summed E-state index contributed by atoms with van der Waals surface area (Å²) in [4.78, 5) is 0. The van der Waals surface area contributed by atoms with Crippen LogP contribution < -0.4 is 0 Å². The molecule has 0 fully saturated rings. The van der Waals surface area contributed by atoms with Gasteiger partial charge < -0.3 is 4.42 Å². The number of rotatable bonds is 5. The Morgan fingerprint density at radius 2 is 1.07 bits per heavy atom. The van der Waals surface area contributed by atoms with Crippen molar-refractivity contribution in [3.8, 4) is 33.4 Å². The van der Waals surface area contributed by atoms with Gasteiger partial charge in [-0.1, -0.05) is 176 Å². The lowest BCUT2D eigenvalue weighted by Gasteiger charge is -2.20. The van der Waals surface area contributed by atoms with Gasteiger partial charge in [0, 0.05) is 10.8 Å². The summed E-state index contributed by atoms with van der Waals surface area (Å²) in [6.45, 7) is 0. The number of furan rings is 1. The normalized spacial score (nSPS) is 13.6. The summed E-state index contributed by atoms with van der Waals surface area (Å²) in [5, 5.41) is 8.05. The van der Waals surface area contributed by atoms with Crippen LogP contribution in [0, 0.1) is 0 Å². The maximum absolute atomic E-state index is 9.28. The topological polar surface area (TPSA) is 13.1 Å². The smallest absolute Gasteiger partial charge is 0.136 e. The predicted molar refractivity (Wildman–Crippen MR) is 229 cm³/mol. The molecule has 0 aliphatic rings. The van der Waals surface area contributed by atoms with Gasteiger partial charge in [0.2, 0.25) is 0 Å². The van der Waals surface area contributed by atoms with Gasteiger partial charge in [-0.25, -0.2) is 0 Å². The standard InChI is InChI=1S/C53H34O/c1-2-13-35(14-3-1)38-27-28-48-51(33-38)54-50-24-12-23-46(53(48)50)43-29-30-47(40-18-7-6-17-39(40)43)52-44-21-10-8-19-41(44)49(42-20-9-11-22-45(42)52)32-34-25-26-36-15-4-5-16-37(36)31-34/h1-31,33H,32H2/i4D,5D,15D,16D,25D,26D,31D. The highest BCUT2D eigenvalue weighted by molar-refractivity contribution is 6.21. The Labute approximate surface area is 323 Å². The van der Waals surface area contributed by atoms with Crippen molar-refractivity contribution in [3.05, 3.63) is 205 Å². The number of hydrogen-bond acceptors (Lipinski definition) is 1. The first-order valence-corrected chi connectivity index (χ1v) is 18.2. The highest BCUT2D eigenvalue weighted by Crippen LogP contribution is 2.46. The zero-order chi connectivity index (χ0) is 41.7. The molecule has 11 aromatic rings. The Bertz CT molecular complexity index is 3590. The molecule has 0 amide bonds. The molecule has 0 saturated carbocycles. The van der Waals surface area contributed by atoms with Crippen molar-refractivity contribution in [2.45, 2.75) is 6.42 Å². The molecule has 0 atom stereocenters. The Balaban J connectivity index is 1.12. The average Bonchev–Trinajstić information content (AvgIpc) is 3.68. The first kappa shape index (κ1) is 24.3. The zero-order valence-corrected chi connectivity index (χ0v) is 29.0. The summed E-state index contributed by atoms with van der Waals surface area (Å²) in [7, 11) is 0. The first-order valence-electron chi connectivity index (χ1n) is 21.7. The van der Waals surface area contributed by atoms with Crippen molar-refractivity contribution in [1.82, 2.24) is 0 Å². The van der Waals surface area contributed by atoms with Crippen LogP contribution in [0.4, 0.5) is 0 Å². The second-order valence-electron chi connectivity index (χ2n) is 13.8. The number of fused-ring (bicyclic) bond motifs is 7. The third-order valence-electron chi connectivity index (χ3n) is 10.8. The molecule has 1 heteroatoms. The van der Waals surface area contributed by atoms with E-state index < -0.39 is 18.1 Å². The molecule has 0 aliphatic carbocycles. The third kappa shape index (κ3) is 4.86. The quantitative estimate of drug-likeness (QED) is 0.164. The second kappa shape index (κ2) is 12.3. The number of benzene rings is 10. The monoisotopic (exact) mass is 693 g/mol. The molecule has 0 unspecified atom stereocenters. The van der Waals surface area contributed by atoms with E-state index in [2.05, 4.69) is 103 Å². The van der Waals surface area contributed by atoms with E-state index >= 15 is 0 Å². The fraction of sp³-hybridized carbons (Fsp3) is 0.0189. The van der Waals surface area contributed by atoms with Crippen LogP contribution in [0.5, 0.6) is 0 Å². The van der Waals surface area contributed by atoms with Crippen LogP contribution in [0.25, 0.3) is 98.4 Å².